The van der Waals surface area contributed by atoms with E-state index < -0.39 is 0 Å². The van der Waals surface area contributed by atoms with Crippen molar-refractivity contribution in [3.05, 3.63) is 11.6 Å². The Kier molecular flexibility index (Phi) is 3.78. The summed E-state index contributed by atoms with van der Waals surface area (Å²) in [5, 5.41) is 0. The molecule has 0 nitrogen and oxygen atoms in total. The molecule has 0 heterocycles. The van der Waals surface area contributed by atoms with Crippen LogP contribution in [0, 0.1) is 10.8 Å². The van der Waals surface area contributed by atoms with Gasteiger partial charge in [0.1, 0.15) is 0 Å². The molecule has 0 aromatic heterocycles. The molecule has 0 bridgehead atoms. The van der Waals surface area contributed by atoms with Gasteiger partial charge in [-0.2, -0.15) is 0 Å². The van der Waals surface area contributed by atoms with E-state index in [4.69, 9.17) is 0 Å². The third kappa shape index (κ3) is 3.54. The standard InChI is InChI=1S/C12H22.CH4/c1-11(2,3)10-6-8-12(4,5)9-7-10;/h6H,7-9H2,1-5H3;1H4. The summed E-state index contributed by atoms with van der Waals surface area (Å²) in [6.45, 7) is 11.7. The molecule has 0 saturated carbocycles. The first-order valence-corrected chi connectivity index (χ1v) is 5.01. The molecule has 78 valence electrons. The highest BCUT2D eigenvalue weighted by Gasteiger charge is 2.26. The Morgan fingerprint density at radius 3 is 2.08 bits per heavy atom. The maximum absolute atomic E-state index is 2.46. The van der Waals surface area contributed by atoms with Crippen LogP contribution in [0.15, 0.2) is 11.6 Å². The van der Waals surface area contributed by atoms with Crippen LogP contribution in [0.2, 0.25) is 0 Å². The molecule has 0 aliphatic heterocycles. The average Bonchev–Trinajstić information content (AvgIpc) is 1.83. The SMILES string of the molecule is C.CC1(C)CC=C(C(C)(C)C)CC1. The quantitative estimate of drug-likeness (QED) is 0.472. The molecule has 0 atom stereocenters. The fraction of sp³-hybridized carbons (Fsp3) is 0.846. The summed E-state index contributed by atoms with van der Waals surface area (Å²) in [7, 11) is 0. The minimum absolute atomic E-state index is 0. The van der Waals surface area contributed by atoms with Crippen molar-refractivity contribution in [1.82, 2.24) is 0 Å². The number of hydrogen-bond donors (Lipinski definition) is 0. The maximum Gasteiger partial charge on any atom is -0.0173 e. The van der Waals surface area contributed by atoms with Gasteiger partial charge in [-0.25, -0.2) is 0 Å². The first kappa shape index (κ1) is 12.7. The van der Waals surface area contributed by atoms with Crippen molar-refractivity contribution in [2.24, 2.45) is 10.8 Å². The molecule has 1 rings (SSSR count). The summed E-state index contributed by atoms with van der Waals surface area (Å²) in [5.74, 6) is 0. The van der Waals surface area contributed by atoms with Crippen LogP contribution in [0.4, 0.5) is 0 Å². The predicted molar refractivity (Wildman–Crippen MR) is 61.9 cm³/mol. The first-order chi connectivity index (χ1) is 5.31. The molecule has 0 aromatic rings. The Hall–Kier alpha value is -0.260. The molecule has 0 spiro atoms. The van der Waals surface area contributed by atoms with Crippen LogP contribution in [0.25, 0.3) is 0 Å². The highest BCUT2D eigenvalue weighted by molar-refractivity contribution is 5.15. The molecule has 0 heteroatoms. The number of hydrogen-bond acceptors (Lipinski definition) is 0. The van der Waals surface area contributed by atoms with Crippen LogP contribution >= 0.6 is 0 Å². The summed E-state index contributed by atoms with van der Waals surface area (Å²) < 4.78 is 0. The summed E-state index contributed by atoms with van der Waals surface area (Å²) in [6.07, 6.45) is 6.38. The zero-order valence-corrected chi connectivity index (χ0v) is 9.20. The van der Waals surface area contributed by atoms with Crippen molar-refractivity contribution >= 4 is 0 Å². The molecule has 13 heavy (non-hydrogen) atoms. The lowest BCUT2D eigenvalue weighted by Crippen LogP contribution is -2.20. The second-order valence-corrected chi connectivity index (χ2v) is 5.85. The van der Waals surface area contributed by atoms with Crippen LogP contribution in [0.1, 0.15) is 61.3 Å². The average molecular weight is 182 g/mol. The van der Waals surface area contributed by atoms with E-state index in [1.807, 2.05) is 0 Å². The lowest BCUT2D eigenvalue weighted by atomic mass is 9.72. The molecule has 0 N–H and O–H groups in total. The fourth-order valence-electron chi connectivity index (χ4n) is 1.76. The summed E-state index contributed by atoms with van der Waals surface area (Å²) in [6, 6.07) is 0. The molecule has 0 unspecified atom stereocenters. The Labute approximate surface area is 84.4 Å². The smallest absolute Gasteiger partial charge is 0.0173 e. The Morgan fingerprint density at radius 1 is 1.23 bits per heavy atom. The predicted octanol–water partition coefficient (Wildman–Crippen LogP) is 4.81. The topological polar surface area (TPSA) is 0 Å². The van der Waals surface area contributed by atoms with Gasteiger partial charge in [0, 0.05) is 0 Å². The van der Waals surface area contributed by atoms with Crippen molar-refractivity contribution < 1.29 is 0 Å². The first-order valence-electron chi connectivity index (χ1n) is 5.01. The van der Waals surface area contributed by atoms with Crippen molar-refractivity contribution in [2.45, 2.75) is 61.3 Å². The van der Waals surface area contributed by atoms with Crippen LogP contribution in [-0.4, -0.2) is 0 Å². The van der Waals surface area contributed by atoms with Crippen LogP contribution < -0.4 is 0 Å². The summed E-state index contributed by atoms with van der Waals surface area (Å²) >= 11 is 0. The van der Waals surface area contributed by atoms with E-state index in [0.717, 1.165) is 0 Å². The van der Waals surface area contributed by atoms with Crippen molar-refractivity contribution in [3.63, 3.8) is 0 Å². The van der Waals surface area contributed by atoms with E-state index in [-0.39, 0.29) is 7.43 Å². The van der Waals surface area contributed by atoms with E-state index >= 15 is 0 Å². The summed E-state index contributed by atoms with van der Waals surface area (Å²) in [4.78, 5) is 0. The van der Waals surface area contributed by atoms with Gasteiger partial charge in [-0.3, -0.25) is 0 Å². The van der Waals surface area contributed by atoms with E-state index in [2.05, 4.69) is 40.7 Å². The maximum atomic E-state index is 2.46. The van der Waals surface area contributed by atoms with Gasteiger partial charge >= 0.3 is 0 Å². The van der Waals surface area contributed by atoms with E-state index in [1.165, 1.54) is 19.3 Å². The Balaban J connectivity index is 0.00000144. The highest BCUT2D eigenvalue weighted by Crippen LogP contribution is 2.40. The molecule has 0 amide bonds. The second kappa shape index (κ2) is 3.86. The molecule has 1 aliphatic carbocycles. The van der Waals surface area contributed by atoms with Crippen molar-refractivity contribution in [3.8, 4) is 0 Å². The van der Waals surface area contributed by atoms with Gasteiger partial charge < -0.3 is 0 Å². The molecular weight excluding hydrogens is 156 g/mol. The second-order valence-electron chi connectivity index (χ2n) is 5.85. The zero-order chi connectivity index (χ0) is 9.41. The number of rotatable bonds is 0. The molecule has 0 fully saturated rings. The van der Waals surface area contributed by atoms with E-state index in [9.17, 15) is 0 Å². The largest absolute Gasteiger partial charge is 0.0843 e. The summed E-state index contributed by atoms with van der Waals surface area (Å²) in [5.41, 5.74) is 2.60. The van der Waals surface area contributed by atoms with Gasteiger partial charge in [0.15, 0.2) is 0 Å². The third-order valence-electron chi connectivity index (χ3n) is 2.94. The fourth-order valence-corrected chi connectivity index (χ4v) is 1.76. The van der Waals surface area contributed by atoms with Crippen molar-refractivity contribution in [1.29, 1.82) is 0 Å². The zero-order valence-electron chi connectivity index (χ0n) is 9.20. The minimum Gasteiger partial charge on any atom is -0.0843 e. The number of allylic oxidation sites excluding steroid dienone is 2. The van der Waals surface area contributed by atoms with E-state index in [0.29, 0.717) is 10.8 Å². The van der Waals surface area contributed by atoms with Gasteiger partial charge in [-0.15, -0.1) is 0 Å². The van der Waals surface area contributed by atoms with Crippen molar-refractivity contribution in [2.75, 3.05) is 0 Å². The lowest BCUT2D eigenvalue weighted by Gasteiger charge is -2.33. The Morgan fingerprint density at radius 2 is 1.77 bits per heavy atom. The normalized spacial score (nSPS) is 21.8. The van der Waals surface area contributed by atoms with Gasteiger partial charge in [0.25, 0.3) is 0 Å². The monoisotopic (exact) mass is 182 g/mol. The molecule has 0 saturated heterocycles. The van der Waals surface area contributed by atoms with Crippen LogP contribution in [0.5, 0.6) is 0 Å². The van der Waals surface area contributed by atoms with E-state index in [1.54, 1.807) is 5.57 Å². The highest BCUT2D eigenvalue weighted by atomic mass is 14.3. The molecular formula is C13H26. The van der Waals surface area contributed by atoms with Gasteiger partial charge in [-0.05, 0) is 30.1 Å². The molecule has 0 aromatic carbocycles. The lowest BCUT2D eigenvalue weighted by molar-refractivity contribution is 0.303. The Bertz CT molecular complexity index is 189. The van der Waals surface area contributed by atoms with Gasteiger partial charge in [0.05, 0.1) is 0 Å². The molecule has 1 aliphatic rings. The third-order valence-corrected chi connectivity index (χ3v) is 2.94. The minimum atomic E-state index is 0. The van der Waals surface area contributed by atoms with Gasteiger partial charge in [0.2, 0.25) is 0 Å². The van der Waals surface area contributed by atoms with Gasteiger partial charge in [-0.1, -0.05) is 53.7 Å². The van der Waals surface area contributed by atoms with Crippen LogP contribution in [0.3, 0.4) is 0 Å². The molecule has 0 radical (unpaired) electrons. The van der Waals surface area contributed by atoms with Crippen LogP contribution in [-0.2, 0) is 0 Å².